The molecule has 0 atom stereocenters. The molecule has 0 bridgehead atoms. The van der Waals surface area contributed by atoms with Crippen LogP contribution in [0.4, 0.5) is 5.69 Å². The lowest BCUT2D eigenvalue weighted by Gasteiger charge is -2.18. The van der Waals surface area contributed by atoms with Crippen LogP contribution < -0.4 is 4.90 Å². The second-order valence-corrected chi connectivity index (χ2v) is 4.14. The predicted octanol–water partition coefficient (Wildman–Crippen LogP) is 2.29. The van der Waals surface area contributed by atoms with Crippen LogP contribution in [0.15, 0.2) is 36.5 Å². The maximum Gasteiger partial charge on any atom is 0.140 e. The van der Waals surface area contributed by atoms with Gasteiger partial charge in [0.05, 0.1) is 24.1 Å². The van der Waals surface area contributed by atoms with E-state index < -0.39 is 0 Å². The number of rotatable bonds is 3. The molecule has 0 spiro atoms. The molecule has 2 heterocycles. The third-order valence-corrected chi connectivity index (χ3v) is 2.65. The zero-order chi connectivity index (χ0) is 13.0. The van der Waals surface area contributed by atoms with E-state index in [2.05, 4.69) is 14.9 Å². The van der Waals surface area contributed by atoms with Crippen molar-refractivity contribution >= 4 is 5.69 Å². The molecule has 0 saturated carbocycles. The number of nitriles is 1. The molecule has 0 amide bonds. The smallest absolute Gasteiger partial charge is 0.140 e. The van der Waals surface area contributed by atoms with Gasteiger partial charge in [-0.2, -0.15) is 5.26 Å². The Balaban J connectivity index is 2.12. The van der Waals surface area contributed by atoms with Gasteiger partial charge in [0.1, 0.15) is 11.8 Å². The normalized spacial score (nSPS) is 9.83. The minimum atomic E-state index is 0.431. The van der Waals surface area contributed by atoms with E-state index in [4.69, 9.17) is 5.26 Å². The van der Waals surface area contributed by atoms with Crippen molar-refractivity contribution in [3.63, 3.8) is 0 Å². The van der Waals surface area contributed by atoms with Crippen molar-refractivity contribution in [3.05, 3.63) is 53.6 Å². The molecular formula is C14H14N4. The van der Waals surface area contributed by atoms with Crippen LogP contribution in [0, 0.1) is 18.3 Å². The molecule has 4 heteroatoms. The third kappa shape index (κ3) is 2.83. The topological polar surface area (TPSA) is 52.8 Å². The molecule has 18 heavy (non-hydrogen) atoms. The summed E-state index contributed by atoms with van der Waals surface area (Å²) in [6.07, 6.45) is 1.70. The molecule has 0 saturated heterocycles. The lowest BCUT2D eigenvalue weighted by molar-refractivity contribution is 0.873. The average Bonchev–Trinajstić information content (AvgIpc) is 2.39. The molecule has 0 unspecified atom stereocenters. The summed E-state index contributed by atoms with van der Waals surface area (Å²) >= 11 is 0. The molecule has 0 aliphatic heterocycles. The molecule has 2 aromatic rings. The van der Waals surface area contributed by atoms with Crippen LogP contribution in [0.25, 0.3) is 0 Å². The average molecular weight is 238 g/mol. The van der Waals surface area contributed by atoms with Gasteiger partial charge in [-0.25, -0.2) is 4.98 Å². The van der Waals surface area contributed by atoms with Crippen LogP contribution >= 0.6 is 0 Å². The maximum atomic E-state index is 8.70. The molecule has 90 valence electrons. The van der Waals surface area contributed by atoms with Gasteiger partial charge < -0.3 is 4.90 Å². The standard InChI is InChI=1S/C14H14N4/c1-11-4-3-5-13(17-11)10-18(2)14-7-6-12(8-15)16-9-14/h3-7,9H,10H2,1-2H3. The van der Waals surface area contributed by atoms with Gasteiger partial charge in [0, 0.05) is 12.7 Å². The summed E-state index contributed by atoms with van der Waals surface area (Å²) in [5, 5.41) is 8.70. The summed E-state index contributed by atoms with van der Waals surface area (Å²) in [4.78, 5) is 10.6. The molecule has 0 fully saturated rings. The minimum absolute atomic E-state index is 0.431. The Morgan fingerprint density at radius 2 is 2.11 bits per heavy atom. The Labute approximate surface area is 107 Å². The first-order valence-electron chi connectivity index (χ1n) is 5.69. The van der Waals surface area contributed by atoms with Crippen LogP contribution in [-0.4, -0.2) is 17.0 Å². The number of hydrogen-bond acceptors (Lipinski definition) is 4. The van der Waals surface area contributed by atoms with E-state index in [1.165, 1.54) is 0 Å². The highest BCUT2D eigenvalue weighted by Gasteiger charge is 2.04. The van der Waals surface area contributed by atoms with Gasteiger partial charge in [-0.05, 0) is 31.2 Å². The summed E-state index contributed by atoms with van der Waals surface area (Å²) in [6, 6.07) is 11.6. The summed E-state index contributed by atoms with van der Waals surface area (Å²) in [7, 11) is 1.98. The van der Waals surface area contributed by atoms with E-state index in [1.807, 2.05) is 44.3 Å². The Morgan fingerprint density at radius 1 is 1.28 bits per heavy atom. The maximum absolute atomic E-state index is 8.70. The van der Waals surface area contributed by atoms with Crippen LogP contribution in [0.1, 0.15) is 17.1 Å². The highest BCUT2D eigenvalue weighted by molar-refractivity contribution is 5.45. The van der Waals surface area contributed by atoms with E-state index in [1.54, 1.807) is 12.3 Å². The van der Waals surface area contributed by atoms with Crippen molar-refractivity contribution < 1.29 is 0 Å². The summed E-state index contributed by atoms with van der Waals surface area (Å²) in [5.74, 6) is 0. The quantitative estimate of drug-likeness (QED) is 0.823. The van der Waals surface area contributed by atoms with Crippen LogP contribution in [0.5, 0.6) is 0 Å². The second kappa shape index (κ2) is 5.28. The van der Waals surface area contributed by atoms with Crippen molar-refractivity contribution in [1.29, 1.82) is 5.26 Å². The zero-order valence-electron chi connectivity index (χ0n) is 10.5. The zero-order valence-corrected chi connectivity index (χ0v) is 10.5. The summed E-state index contributed by atoms with van der Waals surface area (Å²) < 4.78 is 0. The van der Waals surface area contributed by atoms with Crippen molar-refractivity contribution in [2.45, 2.75) is 13.5 Å². The van der Waals surface area contributed by atoms with Gasteiger partial charge in [-0.1, -0.05) is 6.07 Å². The summed E-state index contributed by atoms with van der Waals surface area (Å²) in [6.45, 7) is 2.70. The number of anilines is 1. The fourth-order valence-electron chi connectivity index (χ4n) is 1.70. The number of nitrogens with zero attached hydrogens (tertiary/aromatic N) is 4. The van der Waals surface area contributed by atoms with E-state index in [0.29, 0.717) is 5.69 Å². The Hall–Kier alpha value is -2.41. The van der Waals surface area contributed by atoms with Gasteiger partial charge in [0.2, 0.25) is 0 Å². The van der Waals surface area contributed by atoms with E-state index in [9.17, 15) is 0 Å². The first-order chi connectivity index (χ1) is 8.69. The first-order valence-corrected chi connectivity index (χ1v) is 5.69. The molecule has 0 N–H and O–H groups in total. The first kappa shape index (κ1) is 12.1. The highest BCUT2D eigenvalue weighted by Crippen LogP contribution is 2.13. The fourth-order valence-corrected chi connectivity index (χ4v) is 1.70. The van der Waals surface area contributed by atoms with Crippen molar-refractivity contribution in [3.8, 4) is 6.07 Å². The lowest BCUT2D eigenvalue weighted by Crippen LogP contribution is -2.17. The largest absolute Gasteiger partial charge is 0.367 e. The highest BCUT2D eigenvalue weighted by atomic mass is 15.1. The van der Waals surface area contributed by atoms with Crippen molar-refractivity contribution in [2.24, 2.45) is 0 Å². The summed E-state index contributed by atoms with van der Waals surface area (Å²) in [5.41, 5.74) is 3.43. The minimum Gasteiger partial charge on any atom is -0.367 e. The molecule has 4 nitrogen and oxygen atoms in total. The molecule has 0 aromatic carbocycles. The van der Waals surface area contributed by atoms with Gasteiger partial charge in [0.15, 0.2) is 0 Å². The van der Waals surface area contributed by atoms with Crippen molar-refractivity contribution in [1.82, 2.24) is 9.97 Å². The van der Waals surface area contributed by atoms with Crippen LogP contribution in [-0.2, 0) is 6.54 Å². The molecular weight excluding hydrogens is 224 g/mol. The fraction of sp³-hybridized carbons (Fsp3) is 0.214. The Kier molecular flexibility index (Phi) is 3.54. The number of hydrogen-bond donors (Lipinski definition) is 0. The number of pyridine rings is 2. The molecule has 0 aliphatic carbocycles. The second-order valence-electron chi connectivity index (χ2n) is 4.14. The number of aryl methyl sites for hydroxylation is 1. The molecule has 0 aliphatic rings. The van der Waals surface area contributed by atoms with E-state index in [0.717, 1.165) is 23.6 Å². The van der Waals surface area contributed by atoms with E-state index in [-0.39, 0.29) is 0 Å². The molecule has 2 aromatic heterocycles. The van der Waals surface area contributed by atoms with Gasteiger partial charge >= 0.3 is 0 Å². The number of aromatic nitrogens is 2. The monoisotopic (exact) mass is 238 g/mol. The van der Waals surface area contributed by atoms with Crippen molar-refractivity contribution in [2.75, 3.05) is 11.9 Å². The lowest BCUT2D eigenvalue weighted by atomic mass is 10.2. The Morgan fingerprint density at radius 3 is 2.72 bits per heavy atom. The predicted molar refractivity (Wildman–Crippen MR) is 70.0 cm³/mol. The van der Waals surface area contributed by atoms with Gasteiger partial charge in [0.25, 0.3) is 0 Å². The molecule has 0 radical (unpaired) electrons. The van der Waals surface area contributed by atoms with Crippen LogP contribution in [0.2, 0.25) is 0 Å². The van der Waals surface area contributed by atoms with Crippen LogP contribution in [0.3, 0.4) is 0 Å². The molecule has 2 rings (SSSR count). The SMILES string of the molecule is Cc1cccc(CN(C)c2ccc(C#N)nc2)n1. The van der Waals surface area contributed by atoms with Gasteiger partial charge in [-0.3, -0.25) is 4.98 Å². The Bertz CT molecular complexity index is 569. The van der Waals surface area contributed by atoms with Gasteiger partial charge in [-0.15, -0.1) is 0 Å². The third-order valence-electron chi connectivity index (χ3n) is 2.65. The van der Waals surface area contributed by atoms with E-state index >= 15 is 0 Å².